The number of nitrogens with one attached hydrogen (secondary N) is 2. The zero-order valence-corrected chi connectivity index (χ0v) is 15.0. The van der Waals surface area contributed by atoms with E-state index in [0.29, 0.717) is 31.0 Å². The number of rotatable bonds is 7. The summed E-state index contributed by atoms with van der Waals surface area (Å²) in [4.78, 5) is 12.1. The lowest BCUT2D eigenvalue weighted by Crippen LogP contribution is -2.67. The highest BCUT2D eigenvalue weighted by molar-refractivity contribution is 5.76. The van der Waals surface area contributed by atoms with Gasteiger partial charge in [-0.3, -0.25) is 4.79 Å². The van der Waals surface area contributed by atoms with Crippen molar-refractivity contribution in [3.8, 4) is 0 Å². The minimum Gasteiger partial charge on any atom is -0.377 e. The molecule has 2 fully saturated rings. The van der Waals surface area contributed by atoms with Gasteiger partial charge in [-0.1, -0.05) is 44.2 Å². The fraction of sp³-hybridized carbons (Fsp3) is 0.650. The summed E-state index contributed by atoms with van der Waals surface area (Å²) in [6.07, 6.45) is 2.94. The van der Waals surface area contributed by atoms with Crippen LogP contribution in [0.1, 0.15) is 39.2 Å². The molecule has 1 aromatic carbocycles. The first-order valence-corrected chi connectivity index (χ1v) is 9.17. The van der Waals surface area contributed by atoms with Crippen molar-refractivity contribution in [2.75, 3.05) is 13.2 Å². The summed E-state index contributed by atoms with van der Waals surface area (Å²) in [5.74, 6) is 0.742. The molecular formula is C20H30N2O2. The molecule has 0 bridgehead atoms. The van der Waals surface area contributed by atoms with Crippen molar-refractivity contribution < 1.29 is 9.53 Å². The average molecular weight is 330 g/mol. The summed E-state index contributed by atoms with van der Waals surface area (Å²) < 4.78 is 5.84. The number of carbonyl (C=O) groups excluding carboxylic acids is 1. The highest BCUT2D eigenvalue weighted by Crippen LogP contribution is 2.52. The Labute approximate surface area is 145 Å². The second-order valence-corrected chi connectivity index (χ2v) is 7.90. The van der Waals surface area contributed by atoms with Crippen LogP contribution in [0, 0.1) is 11.3 Å². The molecule has 24 heavy (non-hydrogen) atoms. The molecule has 1 saturated heterocycles. The van der Waals surface area contributed by atoms with Crippen LogP contribution < -0.4 is 10.6 Å². The maximum absolute atomic E-state index is 12.1. The summed E-state index contributed by atoms with van der Waals surface area (Å²) in [7, 11) is 0. The molecule has 4 unspecified atom stereocenters. The normalized spacial score (nSPS) is 28.7. The van der Waals surface area contributed by atoms with Gasteiger partial charge in [0.2, 0.25) is 5.91 Å². The average Bonchev–Trinajstić information content (AvgIpc) is 3.01. The molecule has 1 aliphatic heterocycles. The highest BCUT2D eigenvalue weighted by Gasteiger charge is 2.59. The van der Waals surface area contributed by atoms with E-state index in [0.717, 1.165) is 19.4 Å². The van der Waals surface area contributed by atoms with E-state index >= 15 is 0 Å². The number of ether oxygens (including phenoxy) is 1. The molecule has 0 radical (unpaired) electrons. The van der Waals surface area contributed by atoms with Crippen LogP contribution in [0.15, 0.2) is 30.3 Å². The lowest BCUT2D eigenvalue weighted by molar-refractivity contribution is -0.124. The molecule has 1 aromatic rings. The van der Waals surface area contributed by atoms with Gasteiger partial charge in [-0.15, -0.1) is 0 Å². The molecule has 2 aliphatic rings. The summed E-state index contributed by atoms with van der Waals surface area (Å²) >= 11 is 0. The van der Waals surface area contributed by atoms with Crippen molar-refractivity contribution in [3.05, 3.63) is 35.9 Å². The zero-order chi connectivity index (χ0) is 17.2. The van der Waals surface area contributed by atoms with Crippen LogP contribution in [0.3, 0.4) is 0 Å². The molecule has 1 amide bonds. The first-order chi connectivity index (χ1) is 11.5. The minimum atomic E-state index is 0.127. The minimum absolute atomic E-state index is 0.127. The molecule has 2 N–H and O–H groups in total. The molecule has 3 rings (SSSR count). The smallest absolute Gasteiger partial charge is 0.221 e. The molecule has 1 aliphatic carbocycles. The van der Waals surface area contributed by atoms with Crippen LogP contribution in [0.4, 0.5) is 0 Å². The SMILES string of the molecule is CC(CC(=O)NCCc1ccccc1)NC1C2CCOC2C1(C)C. The molecule has 132 valence electrons. The van der Waals surface area contributed by atoms with Gasteiger partial charge in [-0.05, 0) is 25.3 Å². The van der Waals surface area contributed by atoms with E-state index in [2.05, 4.69) is 43.5 Å². The molecule has 1 saturated carbocycles. The van der Waals surface area contributed by atoms with Gasteiger partial charge in [0.1, 0.15) is 0 Å². The standard InChI is InChI=1S/C20H30N2O2/c1-14(22-18-16-10-12-24-19(16)20(18,2)3)13-17(23)21-11-9-15-7-5-4-6-8-15/h4-8,14,16,18-19,22H,9-13H2,1-3H3,(H,21,23). The van der Waals surface area contributed by atoms with Crippen molar-refractivity contribution in [1.82, 2.24) is 10.6 Å². The van der Waals surface area contributed by atoms with E-state index in [-0.39, 0.29) is 17.4 Å². The van der Waals surface area contributed by atoms with Gasteiger partial charge < -0.3 is 15.4 Å². The van der Waals surface area contributed by atoms with Crippen LogP contribution in [-0.2, 0) is 16.0 Å². The van der Waals surface area contributed by atoms with Crippen LogP contribution >= 0.6 is 0 Å². The van der Waals surface area contributed by atoms with Gasteiger partial charge in [0.25, 0.3) is 0 Å². The predicted molar refractivity (Wildman–Crippen MR) is 95.8 cm³/mol. The van der Waals surface area contributed by atoms with Crippen LogP contribution in [0.25, 0.3) is 0 Å². The van der Waals surface area contributed by atoms with E-state index < -0.39 is 0 Å². The second kappa shape index (κ2) is 7.24. The molecule has 4 atom stereocenters. The Hall–Kier alpha value is -1.39. The molecule has 1 heterocycles. The predicted octanol–water partition coefficient (Wildman–Crippen LogP) is 2.53. The third kappa shape index (κ3) is 3.65. The third-order valence-corrected chi connectivity index (χ3v) is 5.63. The lowest BCUT2D eigenvalue weighted by Gasteiger charge is -2.55. The Morgan fingerprint density at radius 1 is 1.33 bits per heavy atom. The first kappa shape index (κ1) is 17.4. The van der Waals surface area contributed by atoms with Gasteiger partial charge in [0.05, 0.1) is 6.10 Å². The van der Waals surface area contributed by atoms with Crippen molar-refractivity contribution in [1.29, 1.82) is 0 Å². The summed E-state index contributed by atoms with van der Waals surface area (Å²) in [5.41, 5.74) is 1.42. The quantitative estimate of drug-likeness (QED) is 0.808. The molecular weight excluding hydrogens is 300 g/mol. The van der Waals surface area contributed by atoms with Crippen LogP contribution in [-0.4, -0.2) is 37.2 Å². The van der Waals surface area contributed by atoms with Gasteiger partial charge in [0.15, 0.2) is 0 Å². The Morgan fingerprint density at radius 2 is 2.08 bits per heavy atom. The number of fused-ring (bicyclic) bond motifs is 1. The van der Waals surface area contributed by atoms with Crippen molar-refractivity contribution in [2.24, 2.45) is 11.3 Å². The second-order valence-electron chi connectivity index (χ2n) is 7.90. The van der Waals surface area contributed by atoms with Crippen LogP contribution in [0.2, 0.25) is 0 Å². The van der Waals surface area contributed by atoms with Gasteiger partial charge >= 0.3 is 0 Å². The largest absolute Gasteiger partial charge is 0.377 e. The number of hydrogen-bond donors (Lipinski definition) is 2. The Kier molecular flexibility index (Phi) is 5.26. The van der Waals surface area contributed by atoms with Crippen molar-refractivity contribution in [2.45, 2.75) is 58.2 Å². The van der Waals surface area contributed by atoms with Crippen molar-refractivity contribution in [3.63, 3.8) is 0 Å². The molecule has 0 spiro atoms. The number of carbonyl (C=O) groups is 1. The summed E-state index contributed by atoms with van der Waals surface area (Å²) in [5, 5.41) is 6.71. The topological polar surface area (TPSA) is 50.4 Å². The van der Waals surface area contributed by atoms with Crippen molar-refractivity contribution >= 4 is 5.91 Å². The Bertz CT molecular complexity index is 558. The summed E-state index contributed by atoms with van der Waals surface area (Å²) in [6.45, 7) is 8.22. The Morgan fingerprint density at radius 3 is 2.83 bits per heavy atom. The Balaban J connectivity index is 1.38. The maximum Gasteiger partial charge on any atom is 0.221 e. The van der Waals surface area contributed by atoms with E-state index in [1.54, 1.807) is 0 Å². The number of benzene rings is 1. The number of amides is 1. The van der Waals surface area contributed by atoms with Gasteiger partial charge in [-0.2, -0.15) is 0 Å². The molecule has 4 nitrogen and oxygen atoms in total. The molecule has 0 aromatic heterocycles. The highest BCUT2D eigenvalue weighted by atomic mass is 16.5. The van der Waals surface area contributed by atoms with Crippen LogP contribution in [0.5, 0.6) is 0 Å². The molecule has 4 heteroatoms. The fourth-order valence-corrected chi connectivity index (χ4v) is 4.37. The monoisotopic (exact) mass is 330 g/mol. The van der Waals surface area contributed by atoms with E-state index in [9.17, 15) is 4.79 Å². The number of hydrogen-bond acceptors (Lipinski definition) is 3. The fourth-order valence-electron chi connectivity index (χ4n) is 4.37. The first-order valence-electron chi connectivity index (χ1n) is 9.17. The zero-order valence-electron chi connectivity index (χ0n) is 15.0. The van der Waals surface area contributed by atoms with Gasteiger partial charge in [0, 0.05) is 43.0 Å². The summed E-state index contributed by atoms with van der Waals surface area (Å²) in [6, 6.07) is 10.9. The maximum atomic E-state index is 12.1. The van der Waals surface area contributed by atoms with E-state index in [4.69, 9.17) is 4.74 Å². The van der Waals surface area contributed by atoms with E-state index in [1.807, 2.05) is 18.2 Å². The van der Waals surface area contributed by atoms with E-state index in [1.165, 1.54) is 5.56 Å². The third-order valence-electron chi connectivity index (χ3n) is 5.63. The van der Waals surface area contributed by atoms with Gasteiger partial charge in [-0.25, -0.2) is 0 Å². The lowest BCUT2D eigenvalue weighted by atomic mass is 9.57.